The Hall–Kier alpha value is -1.61. The predicted molar refractivity (Wildman–Crippen MR) is 101 cm³/mol. The van der Waals surface area contributed by atoms with Gasteiger partial charge in [-0.1, -0.05) is 11.6 Å². The van der Waals surface area contributed by atoms with Crippen molar-refractivity contribution in [2.24, 2.45) is 0 Å². The van der Waals surface area contributed by atoms with Crippen molar-refractivity contribution in [3.8, 4) is 0 Å². The van der Waals surface area contributed by atoms with Crippen molar-refractivity contribution in [1.82, 2.24) is 15.3 Å². The van der Waals surface area contributed by atoms with E-state index in [9.17, 15) is 8.42 Å². The van der Waals surface area contributed by atoms with Crippen LogP contribution in [0.2, 0.25) is 5.02 Å². The average molecular weight is 397 g/mol. The molecular weight excluding hydrogens is 380 g/mol. The molecule has 0 radical (unpaired) electrons. The van der Waals surface area contributed by atoms with Crippen molar-refractivity contribution in [3.05, 3.63) is 40.6 Å². The zero-order valence-corrected chi connectivity index (χ0v) is 15.6. The van der Waals surface area contributed by atoms with Crippen molar-refractivity contribution >= 4 is 49.6 Å². The number of nitrogens with zero attached hydrogens (tertiary/aromatic N) is 1. The van der Waals surface area contributed by atoms with Gasteiger partial charge in [0.2, 0.25) is 0 Å². The molecule has 1 atom stereocenters. The normalized spacial score (nSPS) is 18.5. The Balaban J connectivity index is 1.62. The molecule has 1 fully saturated rings. The zero-order chi connectivity index (χ0) is 17.4. The molecule has 0 saturated carbocycles. The Morgan fingerprint density at radius 3 is 3.00 bits per heavy atom. The number of halogens is 1. The Kier molecular flexibility index (Phi) is 4.45. The van der Waals surface area contributed by atoms with Crippen LogP contribution in [0, 0.1) is 0 Å². The Bertz CT molecular complexity index is 1010. The molecule has 0 aliphatic carbocycles. The van der Waals surface area contributed by atoms with Gasteiger partial charge in [-0.05, 0) is 37.6 Å². The Morgan fingerprint density at radius 2 is 2.20 bits per heavy atom. The summed E-state index contributed by atoms with van der Waals surface area (Å²) in [5.74, 6) is 0.286. The lowest BCUT2D eigenvalue weighted by atomic mass is 10.0. The van der Waals surface area contributed by atoms with Crippen LogP contribution in [0.15, 0.2) is 34.8 Å². The molecule has 9 heteroatoms. The Morgan fingerprint density at radius 1 is 1.32 bits per heavy atom. The topological polar surface area (TPSA) is 86.9 Å². The molecule has 3 heterocycles. The highest BCUT2D eigenvalue weighted by Gasteiger charge is 2.24. The van der Waals surface area contributed by atoms with Gasteiger partial charge in [0.15, 0.2) is 4.21 Å². The molecule has 0 bridgehead atoms. The van der Waals surface area contributed by atoms with Crippen molar-refractivity contribution < 1.29 is 8.42 Å². The number of aromatic nitrogens is 2. The standard InChI is InChI=1S/C16H17ClN4O2S2/c17-12-3-4-13(15-11(12)5-7-19-15)21-25(22,23)14-9-20-16(24-14)10-2-1-6-18-8-10/h3-5,7,9-10,18-19,21H,1-2,6,8H2. The SMILES string of the molecule is O=S(=O)(Nc1ccc(Cl)c2cc[nH]c12)c1cnc(C2CCCNC2)s1. The van der Waals surface area contributed by atoms with E-state index in [1.807, 2.05) is 6.07 Å². The first-order chi connectivity index (χ1) is 12.0. The number of benzene rings is 1. The van der Waals surface area contributed by atoms with Crippen LogP contribution >= 0.6 is 22.9 Å². The number of fused-ring (bicyclic) bond motifs is 1. The second kappa shape index (κ2) is 6.60. The van der Waals surface area contributed by atoms with E-state index in [0.717, 1.165) is 36.3 Å². The Labute approximate surface area is 154 Å². The van der Waals surface area contributed by atoms with Gasteiger partial charge >= 0.3 is 0 Å². The quantitative estimate of drug-likeness (QED) is 0.629. The molecule has 6 nitrogen and oxygen atoms in total. The summed E-state index contributed by atoms with van der Waals surface area (Å²) in [5, 5.41) is 5.55. The molecular formula is C16H17ClN4O2S2. The summed E-state index contributed by atoms with van der Waals surface area (Å²) in [6.07, 6.45) is 5.29. The highest BCUT2D eigenvalue weighted by molar-refractivity contribution is 7.94. The van der Waals surface area contributed by atoms with E-state index in [0.29, 0.717) is 16.2 Å². The number of piperidine rings is 1. The number of sulfonamides is 1. The number of anilines is 1. The third kappa shape index (κ3) is 3.27. The van der Waals surface area contributed by atoms with Crippen molar-refractivity contribution in [1.29, 1.82) is 0 Å². The minimum Gasteiger partial charge on any atom is -0.359 e. The molecule has 3 N–H and O–H groups in total. The summed E-state index contributed by atoms with van der Waals surface area (Å²) in [6, 6.07) is 5.16. The summed E-state index contributed by atoms with van der Waals surface area (Å²) < 4.78 is 28.4. The third-order valence-electron chi connectivity index (χ3n) is 4.33. The predicted octanol–water partition coefficient (Wildman–Crippen LogP) is 3.55. The summed E-state index contributed by atoms with van der Waals surface area (Å²) in [5.41, 5.74) is 1.14. The van der Waals surface area contributed by atoms with E-state index in [2.05, 4.69) is 20.0 Å². The number of H-pyrrole nitrogens is 1. The van der Waals surface area contributed by atoms with Crippen LogP contribution < -0.4 is 10.0 Å². The first-order valence-electron chi connectivity index (χ1n) is 7.99. The van der Waals surface area contributed by atoms with Crippen LogP contribution in [-0.4, -0.2) is 31.5 Å². The smallest absolute Gasteiger partial charge is 0.273 e. The van der Waals surface area contributed by atoms with Gasteiger partial charge in [0.25, 0.3) is 10.0 Å². The van der Waals surface area contributed by atoms with Gasteiger partial charge in [0, 0.05) is 24.0 Å². The van der Waals surface area contributed by atoms with Gasteiger partial charge in [-0.15, -0.1) is 11.3 Å². The van der Waals surface area contributed by atoms with Gasteiger partial charge in [-0.25, -0.2) is 13.4 Å². The maximum Gasteiger partial charge on any atom is 0.273 e. The largest absolute Gasteiger partial charge is 0.359 e. The number of aromatic amines is 1. The van der Waals surface area contributed by atoms with E-state index in [1.165, 1.54) is 17.5 Å². The molecule has 0 amide bonds. The van der Waals surface area contributed by atoms with Gasteiger partial charge in [-0.2, -0.15) is 0 Å². The first kappa shape index (κ1) is 16.8. The van der Waals surface area contributed by atoms with E-state index in [4.69, 9.17) is 11.6 Å². The van der Waals surface area contributed by atoms with E-state index < -0.39 is 10.0 Å². The summed E-state index contributed by atoms with van der Waals surface area (Å²) >= 11 is 7.38. The summed E-state index contributed by atoms with van der Waals surface area (Å²) in [6.45, 7) is 1.86. The van der Waals surface area contributed by atoms with E-state index in [1.54, 1.807) is 18.3 Å². The molecule has 3 aromatic rings. The van der Waals surface area contributed by atoms with Crippen LogP contribution in [0.25, 0.3) is 10.9 Å². The third-order valence-corrected chi connectivity index (χ3v) is 7.64. The molecule has 1 saturated heterocycles. The lowest BCUT2D eigenvalue weighted by Crippen LogP contribution is -2.28. The molecule has 4 rings (SSSR count). The summed E-state index contributed by atoms with van der Waals surface area (Å²) in [4.78, 5) is 7.37. The van der Waals surface area contributed by atoms with Gasteiger partial charge in [0.1, 0.15) is 0 Å². The van der Waals surface area contributed by atoms with E-state index >= 15 is 0 Å². The summed E-state index contributed by atoms with van der Waals surface area (Å²) in [7, 11) is -3.69. The number of hydrogen-bond acceptors (Lipinski definition) is 5. The van der Waals surface area contributed by atoms with Crippen molar-refractivity contribution in [2.75, 3.05) is 17.8 Å². The lowest BCUT2D eigenvalue weighted by Gasteiger charge is -2.20. The van der Waals surface area contributed by atoms with Crippen LogP contribution in [0.3, 0.4) is 0 Å². The number of nitrogens with one attached hydrogen (secondary N) is 3. The second-order valence-electron chi connectivity index (χ2n) is 6.03. The molecule has 132 valence electrons. The number of hydrogen-bond donors (Lipinski definition) is 3. The number of rotatable bonds is 4. The highest BCUT2D eigenvalue weighted by Crippen LogP contribution is 2.33. The maximum absolute atomic E-state index is 12.7. The fourth-order valence-corrected chi connectivity index (χ4v) is 5.63. The monoisotopic (exact) mass is 396 g/mol. The fourth-order valence-electron chi connectivity index (χ4n) is 3.05. The molecule has 1 aromatic carbocycles. The molecule has 1 unspecified atom stereocenters. The van der Waals surface area contributed by atoms with Crippen LogP contribution in [0.1, 0.15) is 23.8 Å². The highest BCUT2D eigenvalue weighted by atomic mass is 35.5. The molecule has 25 heavy (non-hydrogen) atoms. The minimum absolute atomic E-state index is 0.225. The lowest BCUT2D eigenvalue weighted by molar-refractivity contribution is 0.460. The van der Waals surface area contributed by atoms with Crippen LogP contribution in [0.4, 0.5) is 5.69 Å². The van der Waals surface area contributed by atoms with Crippen LogP contribution in [-0.2, 0) is 10.0 Å². The average Bonchev–Trinajstić information content (AvgIpc) is 3.28. The fraction of sp³-hybridized carbons (Fsp3) is 0.312. The van der Waals surface area contributed by atoms with Gasteiger partial charge < -0.3 is 10.3 Å². The van der Waals surface area contributed by atoms with Crippen molar-refractivity contribution in [2.45, 2.75) is 23.0 Å². The van der Waals surface area contributed by atoms with E-state index in [-0.39, 0.29) is 10.1 Å². The maximum atomic E-state index is 12.7. The van der Waals surface area contributed by atoms with Crippen molar-refractivity contribution in [3.63, 3.8) is 0 Å². The molecule has 1 aliphatic heterocycles. The zero-order valence-electron chi connectivity index (χ0n) is 13.3. The van der Waals surface area contributed by atoms with Gasteiger partial charge in [0.05, 0.1) is 27.4 Å². The number of thiazole rings is 1. The molecule has 0 spiro atoms. The van der Waals surface area contributed by atoms with Gasteiger partial charge in [-0.3, -0.25) is 4.72 Å². The molecule has 1 aliphatic rings. The first-order valence-corrected chi connectivity index (χ1v) is 10.7. The molecule has 2 aromatic heterocycles. The minimum atomic E-state index is -3.69. The van der Waals surface area contributed by atoms with Crippen LogP contribution in [0.5, 0.6) is 0 Å². The second-order valence-corrected chi connectivity index (χ2v) is 9.41.